The van der Waals surface area contributed by atoms with Crippen molar-refractivity contribution in [1.82, 2.24) is 0 Å². The van der Waals surface area contributed by atoms with E-state index in [-0.39, 0.29) is 6.42 Å². The molecule has 1 heterocycles. The molecule has 0 amide bonds. The van der Waals surface area contributed by atoms with Gasteiger partial charge in [-0.05, 0) is 40.9 Å². The Balaban J connectivity index is 2.18. The Labute approximate surface area is 117 Å². The summed E-state index contributed by atoms with van der Waals surface area (Å²) in [6.07, 6.45) is 0.151. The second-order valence-corrected chi connectivity index (χ2v) is 5.26. The van der Waals surface area contributed by atoms with Gasteiger partial charge in [-0.15, -0.1) is 0 Å². The summed E-state index contributed by atoms with van der Waals surface area (Å²) in [6.45, 7) is 3.33. The van der Waals surface area contributed by atoms with Crippen LogP contribution in [0.15, 0.2) is 41.1 Å². The normalized spacial score (nSPS) is 10.4. The van der Waals surface area contributed by atoms with Gasteiger partial charge in [-0.25, -0.2) is 0 Å². The van der Waals surface area contributed by atoms with Crippen LogP contribution in [0.2, 0.25) is 0 Å². The molecule has 0 saturated carbocycles. The van der Waals surface area contributed by atoms with E-state index in [1.165, 1.54) is 11.1 Å². The van der Waals surface area contributed by atoms with Gasteiger partial charge in [0.15, 0.2) is 0 Å². The van der Waals surface area contributed by atoms with Gasteiger partial charge in [0.05, 0.1) is 6.42 Å². The minimum atomic E-state index is -0.760. The first-order chi connectivity index (χ1) is 9.16. The van der Waals surface area contributed by atoms with Gasteiger partial charge in [0, 0.05) is 18.8 Å². The van der Waals surface area contributed by atoms with Gasteiger partial charge < -0.3 is 10.0 Å². The zero-order valence-electron chi connectivity index (χ0n) is 10.9. The predicted octanol–water partition coefficient (Wildman–Crippen LogP) is 3.54. The van der Waals surface area contributed by atoms with Crippen LogP contribution in [0, 0.1) is 6.92 Å². The number of aryl methyl sites for hydroxylation is 1. The quantitative estimate of drug-likeness (QED) is 0.876. The standard InChI is InChI=1S/C15H17NO2S/c1-12-4-2-3-5-14(12)16(8-6-15(17)18)10-13-7-9-19-11-13/h2-5,7,9,11H,6,8,10H2,1H3,(H,17,18). The van der Waals surface area contributed by atoms with Gasteiger partial charge in [0.1, 0.15) is 0 Å². The van der Waals surface area contributed by atoms with Crippen molar-refractivity contribution in [2.24, 2.45) is 0 Å². The van der Waals surface area contributed by atoms with E-state index in [0.717, 1.165) is 12.2 Å². The fourth-order valence-electron chi connectivity index (χ4n) is 2.04. The van der Waals surface area contributed by atoms with Crippen LogP contribution in [0.3, 0.4) is 0 Å². The zero-order valence-corrected chi connectivity index (χ0v) is 11.7. The summed E-state index contributed by atoms with van der Waals surface area (Å²) in [4.78, 5) is 12.9. The highest BCUT2D eigenvalue weighted by molar-refractivity contribution is 7.07. The zero-order chi connectivity index (χ0) is 13.7. The van der Waals surface area contributed by atoms with Gasteiger partial charge in [0.2, 0.25) is 0 Å². The molecule has 0 radical (unpaired) electrons. The Hall–Kier alpha value is -1.81. The van der Waals surface area contributed by atoms with E-state index >= 15 is 0 Å². The topological polar surface area (TPSA) is 40.5 Å². The van der Waals surface area contributed by atoms with Gasteiger partial charge in [-0.1, -0.05) is 18.2 Å². The molecule has 0 aliphatic rings. The van der Waals surface area contributed by atoms with E-state index in [4.69, 9.17) is 5.11 Å². The SMILES string of the molecule is Cc1ccccc1N(CCC(=O)O)Cc1ccsc1. The summed E-state index contributed by atoms with van der Waals surface area (Å²) in [6, 6.07) is 10.2. The van der Waals surface area contributed by atoms with E-state index in [2.05, 4.69) is 29.3 Å². The summed E-state index contributed by atoms with van der Waals surface area (Å²) in [5.74, 6) is -0.760. The maximum Gasteiger partial charge on any atom is 0.305 e. The summed E-state index contributed by atoms with van der Waals surface area (Å²) in [5.41, 5.74) is 3.50. The Kier molecular flexibility index (Phi) is 4.58. The lowest BCUT2D eigenvalue weighted by Crippen LogP contribution is -2.26. The Morgan fingerprint density at radius 3 is 2.74 bits per heavy atom. The number of benzene rings is 1. The van der Waals surface area contributed by atoms with Gasteiger partial charge in [-0.2, -0.15) is 11.3 Å². The number of hydrogen-bond acceptors (Lipinski definition) is 3. The van der Waals surface area contributed by atoms with Crippen molar-refractivity contribution in [1.29, 1.82) is 0 Å². The van der Waals surface area contributed by atoms with Crippen LogP contribution in [0.4, 0.5) is 5.69 Å². The molecule has 0 bridgehead atoms. The van der Waals surface area contributed by atoms with E-state index in [9.17, 15) is 4.79 Å². The monoisotopic (exact) mass is 275 g/mol. The Morgan fingerprint density at radius 2 is 2.11 bits per heavy atom. The molecule has 0 atom stereocenters. The molecule has 0 unspecified atom stereocenters. The van der Waals surface area contributed by atoms with Crippen molar-refractivity contribution in [3.63, 3.8) is 0 Å². The number of rotatable bonds is 6. The van der Waals surface area contributed by atoms with Crippen LogP contribution >= 0.6 is 11.3 Å². The van der Waals surface area contributed by atoms with Crippen molar-refractivity contribution >= 4 is 23.0 Å². The van der Waals surface area contributed by atoms with Crippen LogP contribution in [0.1, 0.15) is 17.5 Å². The fraction of sp³-hybridized carbons (Fsp3) is 0.267. The van der Waals surface area contributed by atoms with Crippen molar-refractivity contribution in [2.75, 3.05) is 11.4 Å². The van der Waals surface area contributed by atoms with Crippen LogP contribution in [-0.4, -0.2) is 17.6 Å². The van der Waals surface area contributed by atoms with Crippen LogP contribution in [-0.2, 0) is 11.3 Å². The number of carboxylic acids is 1. The second kappa shape index (κ2) is 6.38. The molecule has 1 aromatic heterocycles. The smallest absolute Gasteiger partial charge is 0.305 e. The van der Waals surface area contributed by atoms with Crippen molar-refractivity contribution < 1.29 is 9.90 Å². The molecule has 0 aliphatic carbocycles. The first kappa shape index (κ1) is 13.6. The highest BCUT2D eigenvalue weighted by Gasteiger charge is 2.11. The number of carboxylic acid groups (broad SMARTS) is 1. The molecule has 100 valence electrons. The molecule has 0 fully saturated rings. The van der Waals surface area contributed by atoms with Crippen molar-refractivity contribution in [2.45, 2.75) is 19.9 Å². The van der Waals surface area contributed by atoms with Gasteiger partial charge in [0.25, 0.3) is 0 Å². The third kappa shape index (κ3) is 3.83. The molecule has 19 heavy (non-hydrogen) atoms. The van der Waals surface area contributed by atoms with E-state index in [1.54, 1.807) is 11.3 Å². The molecule has 0 aliphatic heterocycles. The number of nitrogens with zero attached hydrogens (tertiary/aromatic N) is 1. The fourth-order valence-corrected chi connectivity index (χ4v) is 2.70. The Bertz CT molecular complexity index is 537. The van der Waals surface area contributed by atoms with Gasteiger partial charge in [-0.3, -0.25) is 4.79 Å². The lowest BCUT2D eigenvalue weighted by atomic mass is 10.1. The summed E-state index contributed by atoms with van der Waals surface area (Å²) in [5, 5.41) is 13.0. The number of thiophene rings is 1. The maximum atomic E-state index is 10.8. The van der Waals surface area contributed by atoms with E-state index < -0.39 is 5.97 Å². The third-order valence-corrected chi connectivity index (χ3v) is 3.74. The molecule has 2 rings (SSSR count). The summed E-state index contributed by atoms with van der Waals surface area (Å²) in [7, 11) is 0. The molecule has 4 heteroatoms. The molecule has 1 aromatic carbocycles. The van der Waals surface area contributed by atoms with E-state index in [0.29, 0.717) is 6.54 Å². The largest absolute Gasteiger partial charge is 0.481 e. The summed E-state index contributed by atoms with van der Waals surface area (Å²) >= 11 is 1.66. The average Bonchev–Trinajstić information content (AvgIpc) is 2.88. The molecular formula is C15H17NO2S. The highest BCUT2D eigenvalue weighted by Crippen LogP contribution is 2.22. The minimum absolute atomic E-state index is 0.151. The highest BCUT2D eigenvalue weighted by atomic mass is 32.1. The van der Waals surface area contributed by atoms with Crippen molar-refractivity contribution in [3.8, 4) is 0 Å². The number of aliphatic carboxylic acids is 1. The molecule has 3 nitrogen and oxygen atoms in total. The number of hydrogen-bond donors (Lipinski definition) is 1. The summed E-state index contributed by atoms with van der Waals surface area (Å²) < 4.78 is 0. The Morgan fingerprint density at radius 1 is 1.32 bits per heavy atom. The molecule has 1 N–H and O–H groups in total. The number of para-hydroxylation sites is 1. The van der Waals surface area contributed by atoms with E-state index in [1.807, 2.05) is 23.6 Å². The number of carbonyl (C=O) groups is 1. The first-order valence-electron chi connectivity index (χ1n) is 6.20. The maximum absolute atomic E-state index is 10.8. The van der Waals surface area contributed by atoms with Crippen LogP contribution in [0.5, 0.6) is 0 Å². The molecule has 2 aromatic rings. The van der Waals surface area contributed by atoms with Crippen LogP contribution in [0.25, 0.3) is 0 Å². The molecule has 0 saturated heterocycles. The minimum Gasteiger partial charge on any atom is -0.481 e. The number of anilines is 1. The lowest BCUT2D eigenvalue weighted by Gasteiger charge is -2.25. The van der Waals surface area contributed by atoms with Crippen molar-refractivity contribution in [3.05, 3.63) is 52.2 Å². The molecule has 0 spiro atoms. The lowest BCUT2D eigenvalue weighted by molar-refractivity contribution is -0.136. The first-order valence-corrected chi connectivity index (χ1v) is 7.14. The average molecular weight is 275 g/mol. The molecular weight excluding hydrogens is 258 g/mol. The third-order valence-electron chi connectivity index (χ3n) is 3.01. The van der Waals surface area contributed by atoms with Gasteiger partial charge >= 0.3 is 5.97 Å². The van der Waals surface area contributed by atoms with Crippen LogP contribution < -0.4 is 4.90 Å². The second-order valence-electron chi connectivity index (χ2n) is 4.48. The predicted molar refractivity (Wildman–Crippen MR) is 78.8 cm³/mol.